The van der Waals surface area contributed by atoms with Crippen LogP contribution in [0.5, 0.6) is 0 Å². The predicted octanol–water partition coefficient (Wildman–Crippen LogP) is 5.22. The van der Waals surface area contributed by atoms with Crippen LogP contribution in [0.4, 0.5) is 0 Å². The van der Waals surface area contributed by atoms with E-state index in [9.17, 15) is 0 Å². The van der Waals surface area contributed by atoms with E-state index >= 15 is 0 Å². The zero-order chi connectivity index (χ0) is 13.1. The zero-order valence-corrected chi connectivity index (χ0v) is 13.9. The van der Waals surface area contributed by atoms with Crippen LogP contribution in [0.3, 0.4) is 0 Å². The summed E-state index contributed by atoms with van der Waals surface area (Å²) in [5.41, 5.74) is 1.36. The molecule has 0 nitrogen and oxygen atoms in total. The Bertz CT molecular complexity index is 676. The van der Waals surface area contributed by atoms with E-state index in [2.05, 4.69) is 48.5 Å². The van der Waals surface area contributed by atoms with Gasteiger partial charge in [-0.1, -0.05) is 0 Å². The molecule has 3 aromatic rings. The molecule has 0 saturated carbocycles. The average Bonchev–Trinajstić information content (AvgIpc) is 2.88. The van der Waals surface area contributed by atoms with E-state index in [0.29, 0.717) is 0 Å². The van der Waals surface area contributed by atoms with E-state index in [0.717, 1.165) is 5.02 Å². The fourth-order valence-corrected chi connectivity index (χ4v) is 6.68. The Balaban J connectivity index is 1.82. The summed E-state index contributed by atoms with van der Waals surface area (Å²) in [4.78, 5) is 1.23. The first-order valence-electron chi connectivity index (χ1n) is 5.90. The molecule has 0 aliphatic heterocycles. The SMILES string of the molecule is Clc1cccc(Sc2ccc(-c3ccccc3)[te]2)c1. The molecule has 0 saturated heterocycles. The Morgan fingerprint density at radius 3 is 2.47 bits per heavy atom. The second-order valence-corrected chi connectivity index (χ2v) is 9.50. The van der Waals surface area contributed by atoms with Gasteiger partial charge in [0, 0.05) is 0 Å². The van der Waals surface area contributed by atoms with Crippen molar-refractivity contribution in [2.24, 2.45) is 0 Å². The second kappa shape index (κ2) is 6.20. The van der Waals surface area contributed by atoms with Gasteiger partial charge in [0.1, 0.15) is 0 Å². The Kier molecular flexibility index (Phi) is 4.35. The Hall–Kier alpha value is -0.650. The summed E-state index contributed by atoms with van der Waals surface area (Å²) in [6, 6.07) is 23.2. The number of hydrogen-bond acceptors (Lipinski definition) is 1. The van der Waals surface area contributed by atoms with Gasteiger partial charge in [-0.2, -0.15) is 0 Å². The molecule has 0 fully saturated rings. The summed E-state index contributed by atoms with van der Waals surface area (Å²) < 4.78 is 3.00. The normalized spacial score (nSPS) is 10.6. The summed E-state index contributed by atoms with van der Waals surface area (Å²) in [6.07, 6.45) is 0. The van der Waals surface area contributed by atoms with Crippen molar-refractivity contribution < 1.29 is 0 Å². The first-order valence-corrected chi connectivity index (χ1v) is 9.42. The molecule has 3 heteroatoms. The molecule has 0 unspecified atom stereocenters. The van der Waals surface area contributed by atoms with Crippen LogP contribution in [0, 0.1) is 0 Å². The molecule has 0 N–H and O–H groups in total. The van der Waals surface area contributed by atoms with Gasteiger partial charge in [-0.15, -0.1) is 0 Å². The quantitative estimate of drug-likeness (QED) is 0.546. The van der Waals surface area contributed by atoms with Gasteiger partial charge in [-0.25, -0.2) is 0 Å². The van der Waals surface area contributed by atoms with Crippen LogP contribution in [0.1, 0.15) is 0 Å². The van der Waals surface area contributed by atoms with E-state index in [1.165, 1.54) is 16.9 Å². The number of benzene rings is 2. The third-order valence-electron chi connectivity index (χ3n) is 2.65. The van der Waals surface area contributed by atoms with Crippen LogP contribution in [0.15, 0.2) is 74.5 Å². The first kappa shape index (κ1) is 13.3. The van der Waals surface area contributed by atoms with Gasteiger partial charge in [0.15, 0.2) is 0 Å². The Morgan fingerprint density at radius 2 is 1.68 bits per heavy atom. The molecule has 0 aliphatic carbocycles. The molecule has 0 spiro atoms. The molecule has 0 atom stereocenters. The third-order valence-corrected chi connectivity index (χ3v) is 7.64. The summed E-state index contributed by atoms with van der Waals surface area (Å²) in [6.45, 7) is 0. The average molecular weight is 398 g/mol. The van der Waals surface area contributed by atoms with Crippen LogP contribution in [-0.2, 0) is 0 Å². The van der Waals surface area contributed by atoms with Crippen molar-refractivity contribution in [2.75, 3.05) is 0 Å². The third kappa shape index (κ3) is 3.46. The molecular formula is C16H11ClSTe. The first-order chi connectivity index (χ1) is 9.31. The fraction of sp³-hybridized carbons (Fsp3) is 0. The van der Waals surface area contributed by atoms with Crippen molar-refractivity contribution in [2.45, 2.75) is 7.81 Å². The summed E-state index contributed by atoms with van der Waals surface area (Å²) >= 11 is 7.61. The molecule has 3 rings (SSSR count). The van der Waals surface area contributed by atoms with Gasteiger partial charge in [-0.3, -0.25) is 0 Å². The maximum absolute atomic E-state index is 6.02. The number of rotatable bonds is 3. The van der Waals surface area contributed by atoms with Crippen molar-refractivity contribution in [3.05, 3.63) is 71.8 Å². The molecular weight excluding hydrogens is 387 g/mol. The van der Waals surface area contributed by atoms with Crippen molar-refractivity contribution in [1.29, 1.82) is 0 Å². The van der Waals surface area contributed by atoms with Crippen molar-refractivity contribution >= 4 is 43.8 Å². The minimum atomic E-state index is -0.255. The van der Waals surface area contributed by atoms with Gasteiger partial charge in [0.05, 0.1) is 0 Å². The Labute approximate surface area is 132 Å². The second-order valence-electron chi connectivity index (χ2n) is 4.04. The standard InChI is InChI=1S/C16H11ClSTe/c17-13-7-4-8-14(11-13)18-16-10-9-15(19-16)12-5-2-1-3-6-12/h1-11H. The molecule has 94 valence electrons. The molecule has 0 amide bonds. The van der Waals surface area contributed by atoms with Crippen molar-refractivity contribution in [3.8, 4) is 9.14 Å². The molecule has 19 heavy (non-hydrogen) atoms. The summed E-state index contributed by atoms with van der Waals surface area (Å²) in [5.74, 6) is 0. The van der Waals surface area contributed by atoms with E-state index in [1.54, 1.807) is 0 Å². The van der Waals surface area contributed by atoms with Crippen LogP contribution in [-0.4, -0.2) is 20.4 Å². The van der Waals surface area contributed by atoms with Gasteiger partial charge >= 0.3 is 132 Å². The summed E-state index contributed by atoms with van der Waals surface area (Å²) in [5, 5.41) is 0.806. The van der Waals surface area contributed by atoms with Gasteiger partial charge in [-0.05, 0) is 0 Å². The zero-order valence-electron chi connectivity index (χ0n) is 10.0. The van der Waals surface area contributed by atoms with Crippen molar-refractivity contribution in [1.82, 2.24) is 0 Å². The molecule has 2 aromatic carbocycles. The van der Waals surface area contributed by atoms with E-state index in [4.69, 9.17) is 11.6 Å². The van der Waals surface area contributed by atoms with E-state index in [1.807, 2.05) is 30.0 Å². The minimum absolute atomic E-state index is 0.255. The van der Waals surface area contributed by atoms with E-state index in [-0.39, 0.29) is 20.4 Å². The van der Waals surface area contributed by atoms with Gasteiger partial charge in [0.2, 0.25) is 0 Å². The molecule has 0 aliphatic rings. The number of halogens is 1. The molecule has 0 radical (unpaired) electrons. The topological polar surface area (TPSA) is 0 Å². The molecule has 0 bridgehead atoms. The fourth-order valence-electron chi connectivity index (χ4n) is 1.78. The van der Waals surface area contributed by atoms with Crippen molar-refractivity contribution in [3.63, 3.8) is 0 Å². The van der Waals surface area contributed by atoms with Crippen LogP contribution >= 0.6 is 23.4 Å². The predicted molar refractivity (Wildman–Crippen MR) is 84.4 cm³/mol. The maximum atomic E-state index is 6.02. The number of hydrogen-bond donors (Lipinski definition) is 0. The van der Waals surface area contributed by atoms with Crippen LogP contribution < -0.4 is 0 Å². The van der Waals surface area contributed by atoms with Crippen LogP contribution in [0.2, 0.25) is 5.02 Å². The van der Waals surface area contributed by atoms with Gasteiger partial charge < -0.3 is 0 Å². The monoisotopic (exact) mass is 400 g/mol. The van der Waals surface area contributed by atoms with Gasteiger partial charge in [0.25, 0.3) is 0 Å². The van der Waals surface area contributed by atoms with Crippen LogP contribution in [0.25, 0.3) is 9.14 Å². The molecule has 1 aromatic heterocycles. The molecule has 1 heterocycles. The Morgan fingerprint density at radius 1 is 0.842 bits per heavy atom. The van der Waals surface area contributed by atoms with E-state index < -0.39 is 0 Å². The summed E-state index contributed by atoms with van der Waals surface area (Å²) in [7, 11) is 0.